The van der Waals surface area contributed by atoms with Gasteiger partial charge in [-0.15, -0.1) is 0 Å². The van der Waals surface area contributed by atoms with Gasteiger partial charge in [0.05, 0.1) is 22.0 Å². The summed E-state index contributed by atoms with van der Waals surface area (Å²) in [5, 5.41) is 4.16. The zero-order chi connectivity index (χ0) is 24.1. The Morgan fingerprint density at radius 1 is 1.14 bits per heavy atom. The molecule has 0 unspecified atom stereocenters. The van der Waals surface area contributed by atoms with E-state index < -0.39 is 0 Å². The maximum atomic E-state index is 13.9. The molecular weight excluding hydrogens is 465 g/mol. The molecule has 0 spiro atoms. The number of aromatic nitrogens is 2. The van der Waals surface area contributed by atoms with Gasteiger partial charge in [0.15, 0.2) is 5.13 Å². The lowest BCUT2D eigenvalue weighted by Gasteiger charge is -2.27. The summed E-state index contributed by atoms with van der Waals surface area (Å²) < 4.78 is 13.9. The van der Waals surface area contributed by atoms with E-state index in [9.17, 15) is 14.0 Å². The molecule has 7 nitrogen and oxygen atoms in total. The predicted octanol–water partition coefficient (Wildman–Crippen LogP) is 4.11. The van der Waals surface area contributed by atoms with E-state index >= 15 is 0 Å². The molecule has 1 saturated heterocycles. The van der Waals surface area contributed by atoms with Crippen LogP contribution in [0.15, 0.2) is 60.8 Å². The third-order valence-electron chi connectivity index (χ3n) is 6.75. The van der Waals surface area contributed by atoms with Gasteiger partial charge < -0.3 is 16.0 Å². The number of halogens is 1. The number of piperidine rings is 1. The Morgan fingerprint density at radius 3 is 2.83 bits per heavy atom. The fourth-order valence-corrected chi connectivity index (χ4v) is 5.90. The highest BCUT2D eigenvalue weighted by Gasteiger charge is 2.54. The van der Waals surface area contributed by atoms with E-state index in [1.54, 1.807) is 24.4 Å². The Balaban J connectivity index is 1.23. The lowest BCUT2D eigenvalue weighted by atomic mass is 10.1. The monoisotopic (exact) mass is 487 g/mol. The van der Waals surface area contributed by atoms with E-state index in [0.29, 0.717) is 34.0 Å². The first kappa shape index (κ1) is 21.7. The number of carbonyl (C=O) groups is 2. The number of nitrogens with zero attached hydrogens (tertiary/aromatic N) is 3. The van der Waals surface area contributed by atoms with Gasteiger partial charge in [-0.25, -0.2) is 9.37 Å². The quantitative estimate of drug-likeness (QED) is 0.441. The van der Waals surface area contributed by atoms with Crippen molar-refractivity contribution in [2.24, 2.45) is 5.92 Å². The molecular formula is C26H22FN5O2S. The van der Waals surface area contributed by atoms with Gasteiger partial charge in [-0.3, -0.25) is 14.6 Å². The van der Waals surface area contributed by atoms with Crippen molar-refractivity contribution >= 4 is 39.2 Å². The molecule has 0 radical (unpaired) electrons. The number of amides is 2. The molecule has 1 aliphatic carbocycles. The summed E-state index contributed by atoms with van der Waals surface area (Å²) in [4.78, 5) is 37.8. The Morgan fingerprint density at radius 2 is 1.97 bits per heavy atom. The van der Waals surface area contributed by atoms with Crippen molar-refractivity contribution in [2.45, 2.75) is 24.9 Å². The van der Waals surface area contributed by atoms with Gasteiger partial charge in [0.2, 0.25) is 0 Å². The van der Waals surface area contributed by atoms with Crippen molar-refractivity contribution in [3.63, 3.8) is 0 Å². The third-order valence-corrected chi connectivity index (χ3v) is 7.69. The van der Waals surface area contributed by atoms with Gasteiger partial charge >= 0.3 is 0 Å². The van der Waals surface area contributed by atoms with Crippen molar-refractivity contribution in [3.8, 4) is 10.4 Å². The number of likely N-dealkylation sites (tertiary alicyclic amines) is 1. The highest BCUT2D eigenvalue weighted by atomic mass is 32.1. The van der Waals surface area contributed by atoms with Crippen LogP contribution in [0.25, 0.3) is 21.3 Å². The highest BCUT2D eigenvalue weighted by molar-refractivity contribution is 7.19. The number of nitrogen functional groups attached to an aromatic ring is 1. The number of thiazole rings is 1. The van der Waals surface area contributed by atoms with Crippen LogP contribution in [0, 0.1) is 11.7 Å². The summed E-state index contributed by atoms with van der Waals surface area (Å²) in [5.41, 5.74) is 7.92. The molecule has 1 saturated carbocycles. The van der Waals surface area contributed by atoms with E-state index in [1.165, 1.54) is 23.5 Å². The summed E-state index contributed by atoms with van der Waals surface area (Å²) in [7, 11) is 0. The van der Waals surface area contributed by atoms with Gasteiger partial charge in [-0.2, -0.15) is 0 Å². The van der Waals surface area contributed by atoms with Crippen LogP contribution < -0.4 is 11.1 Å². The van der Waals surface area contributed by atoms with Crippen molar-refractivity contribution in [1.29, 1.82) is 0 Å². The first-order valence-electron chi connectivity index (χ1n) is 11.5. The zero-order valence-corrected chi connectivity index (χ0v) is 19.5. The van der Waals surface area contributed by atoms with Crippen molar-refractivity contribution in [2.75, 3.05) is 12.3 Å². The molecule has 3 N–H and O–H groups in total. The van der Waals surface area contributed by atoms with E-state index in [1.807, 2.05) is 29.2 Å². The van der Waals surface area contributed by atoms with Gasteiger partial charge in [-0.1, -0.05) is 41.7 Å². The van der Waals surface area contributed by atoms with Crippen molar-refractivity contribution < 1.29 is 14.0 Å². The number of pyridine rings is 1. The fourth-order valence-electron chi connectivity index (χ4n) is 5.08. The maximum absolute atomic E-state index is 13.9. The standard InChI is InChI=1S/C26H22FN5O2S/c27-17-7-1-5-15(10-17)23-22(31-26(28)35-23)25(34)32-18(11-16-12-20(16)32)13-30-24(33)19-8-2-4-14-6-3-9-29-21(14)19/h1-10,16,18,20H,11-13H2,(H2,28,31)(H,30,33)/t16-,18+,20+/m1/s1. The number of nitrogens with two attached hydrogens (primary N) is 1. The Bertz CT molecular complexity index is 1470. The lowest BCUT2D eigenvalue weighted by molar-refractivity contribution is 0.0685. The summed E-state index contributed by atoms with van der Waals surface area (Å²) in [6, 6.07) is 15.3. The summed E-state index contributed by atoms with van der Waals surface area (Å²) in [6.45, 7) is 0.329. The van der Waals surface area contributed by atoms with Crippen LogP contribution in [-0.2, 0) is 0 Å². The number of carbonyl (C=O) groups excluding carboxylic acids is 2. The molecule has 2 amide bonds. The molecule has 3 atom stereocenters. The average molecular weight is 488 g/mol. The van der Waals surface area contributed by atoms with Gasteiger partial charge in [-0.05, 0) is 48.6 Å². The normalized spacial score (nSPS) is 20.6. The summed E-state index contributed by atoms with van der Waals surface area (Å²) >= 11 is 1.17. The highest BCUT2D eigenvalue weighted by Crippen LogP contribution is 2.49. The molecule has 35 heavy (non-hydrogen) atoms. The number of rotatable bonds is 5. The molecule has 4 aromatic rings. The smallest absolute Gasteiger partial charge is 0.274 e. The molecule has 2 aliphatic rings. The van der Waals surface area contributed by atoms with Gasteiger partial charge in [0.1, 0.15) is 11.5 Å². The minimum atomic E-state index is -0.389. The van der Waals surface area contributed by atoms with Crippen molar-refractivity contribution in [1.82, 2.24) is 20.2 Å². The second-order valence-corrected chi connectivity index (χ2v) is 10.0. The molecule has 6 rings (SSSR count). The summed E-state index contributed by atoms with van der Waals surface area (Å²) in [6.07, 6.45) is 3.43. The van der Waals surface area contributed by atoms with E-state index in [2.05, 4.69) is 15.3 Å². The molecule has 2 aromatic carbocycles. The predicted molar refractivity (Wildman–Crippen MR) is 132 cm³/mol. The van der Waals surface area contributed by atoms with E-state index in [-0.39, 0.29) is 40.5 Å². The number of nitrogens with one attached hydrogen (secondary N) is 1. The Kier molecular flexibility index (Phi) is 5.21. The molecule has 3 heterocycles. The van der Waals surface area contributed by atoms with Crippen LogP contribution >= 0.6 is 11.3 Å². The minimum absolute atomic E-state index is 0.131. The number of benzene rings is 2. The first-order chi connectivity index (χ1) is 17.0. The second kappa shape index (κ2) is 8.42. The molecule has 9 heteroatoms. The van der Waals surface area contributed by atoms with Gasteiger partial charge in [0, 0.05) is 24.2 Å². The largest absolute Gasteiger partial charge is 0.375 e. The van der Waals surface area contributed by atoms with E-state index in [0.717, 1.165) is 18.2 Å². The molecule has 1 aliphatic heterocycles. The lowest BCUT2D eigenvalue weighted by Crippen LogP contribution is -2.45. The fraction of sp³-hybridized carbons (Fsp3) is 0.231. The molecule has 0 bridgehead atoms. The Labute approximate surface area is 204 Å². The molecule has 2 fully saturated rings. The number of hydrogen-bond donors (Lipinski definition) is 2. The molecule has 2 aromatic heterocycles. The van der Waals surface area contributed by atoms with Crippen LogP contribution in [0.3, 0.4) is 0 Å². The van der Waals surface area contributed by atoms with Crippen LogP contribution in [0.4, 0.5) is 9.52 Å². The summed E-state index contributed by atoms with van der Waals surface area (Å²) in [5.74, 6) is -0.414. The maximum Gasteiger partial charge on any atom is 0.274 e. The van der Waals surface area contributed by atoms with Crippen molar-refractivity contribution in [3.05, 3.63) is 77.9 Å². The van der Waals surface area contributed by atoms with Gasteiger partial charge in [0.25, 0.3) is 11.8 Å². The average Bonchev–Trinajstić information content (AvgIpc) is 3.35. The van der Waals surface area contributed by atoms with E-state index in [4.69, 9.17) is 5.73 Å². The first-order valence-corrected chi connectivity index (χ1v) is 12.3. The third kappa shape index (κ3) is 3.91. The topological polar surface area (TPSA) is 101 Å². The number of para-hydroxylation sites is 1. The number of anilines is 1. The van der Waals surface area contributed by atoms with Crippen LogP contribution in [0.1, 0.15) is 33.7 Å². The minimum Gasteiger partial charge on any atom is -0.375 e. The molecule has 176 valence electrons. The number of hydrogen-bond acceptors (Lipinski definition) is 6. The zero-order valence-electron chi connectivity index (χ0n) is 18.6. The Hall–Kier alpha value is -3.85. The van der Waals surface area contributed by atoms with Crippen LogP contribution in [0.2, 0.25) is 0 Å². The van der Waals surface area contributed by atoms with Crippen LogP contribution in [-0.4, -0.2) is 45.3 Å². The van der Waals surface area contributed by atoms with Crippen LogP contribution in [0.5, 0.6) is 0 Å². The number of fused-ring (bicyclic) bond motifs is 2. The SMILES string of the molecule is Nc1nc(C(=O)N2[C@H](CNC(=O)c3cccc4cccnc34)C[C@@H]3C[C@@H]32)c(-c2cccc(F)c2)s1. The second-order valence-electron chi connectivity index (χ2n) is 9.00.